The van der Waals surface area contributed by atoms with Crippen LogP contribution in [0.1, 0.15) is 52.5 Å². The van der Waals surface area contributed by atoms with Crippen LogP contribution in [0.5, 0.6) is 5.75 Å². The van der Waals surface area contributed by atoms with Gasteiger partial charge in [-0.1, -0.05) is 87.5 Å². The lowest BCUT2D eigenvalue weighted by Crippen LogP contribution is -3.00. The minimum atomic E-state index is -1.99. The fourth-order valence-corrected chi connectivity index (χ4v) is 11.3. The van der Waals surface area contributed by atoms with Gasteiger partial charge < -0.3 is 37.9 Å². The van der Waals surface area contributed by atoms with Crippen LogP contribution in [-0.4, -0.2) is 33.8 Å². The van der Waals surface area contributed by atoms with E-state index in [1.807, 2.05) is 12.1 Å². The minimum Gasteiger partial charge on any atom is -1.00 e. The number of hydrogen-bond acceptors (Lipinski definition) is 3. The summed E-state index contributed by atoms with van der Waals surface area (Å²) in [6.07, 6.45) is 4.31. The first-order chi connectivity index (χ1) is 21.0. The summed E-state index contributed by atoms with van der Waals surface area (Å²) >= 11 is 0. The van der Waals surface area contributed by atoms with E-state index in [1.54, 1.807) is 7.11 Å². The van der Waals surface area contributed by atoms with Crippen LogP contribution in [0.4, 0.5) is 0 Å². The van der Waals surface area contributed by atoms with Crippen LogP contribution in [0, 0.1) is 0 Å². The van der Waals surface area contributed by atoms with Crippen LogP contribution < -0.4 is 44.6 Å². The van der Waals surface area contributed by atoms with Gasteiger partial charge in [0.25, 0.3) is 0 Å². The summed E-state index contributed by atoms with van der Waals surface area (Å²) in [5.41, 5.74) is 1.16. The molecule has 0 aliphatic rings. The summed E-state index contributed by atoms with van der Waals surface area (Å²) in [6, 6.07) is 41.7. The number of methoxy groups -OCH3 is 1. The van der Waals surface area contributed by atoms with Gasteiger partial charge in [-0.05, 0) is 92.0 Å². The molecule has 0 aromatic heterocycles. The molecule has 1 unspecified atom stereocenters. The first kappa shape index (κ1) is 37.4. The smallest absolute Gasteiger partial charge is 0.192 e. The lowest BCUT2D eigenvalue weighted by molar-refractivity contribution is -0.0000127. The second kappa shape index (κ2) is 17.2. The van der Waals surface area contributed by atoms with Gasteiger partial charge in [0, 0.05) is 12.5 Å². The second-order valence-electron chi connectivity index (χ2n) is 13.4. The predicted molar refractivity (Wildman–Crippen MR) is 193 cm³/mol. The number of rotatable bonds is 15. The van der Waals surface area contributed by atoms with E-state index < -0.39 is 15.6 Å². The molecule has 0 bridgehead atoms. The van der Waals surface area contributed by atoms with Gasteiger partial charge in [0.05, 0.1) is 26.0 Å². The van der Waals surface area contributed by atoms with Crippen LogP contribution in [0.25, 0.3) is 0 Å². The van der Waals surface area contributed by atoms with Crippen LogP contribution in [0.15, 0.2) is 115 Å². The second-order valence-corrected chi connectivity index (χ2v) is 21.7. The topological polar surface area (TPSA) is 27.7 Å². The summed E-state index contributed by atoms with van der Waals surface area (Å²) in [5.74, 6) is 0.868. The van der Waals surface area contributed by atoms with Crippen molar-refractivity contribution in [2.24, 2.45) is 0 Å². The third kappa shape index (κ3) is 9.98. The molecule has 0 heterocycles. The highest BCUT2D eigenvalue weighted by Gasteiger charge is 2.46. The molecular weight excluding hydrogens is 702 g/mol. The van der Waals surface area contributed by atoms with Crippen LogP contribution in [0.3, 0.4) is 0 Å². The molecule has 0 spiro atoms. The summed E-state index contributed by atoms with van der Waals surface area (Å²) in [5, 5.41) is 4.44. The third-order valence-corrected chi connectivity index (χ3v) is 18.2. The van der Waals surface area contributed by atoms with Gasteiger partial charge in [0.15, 0.2) is 8.32 Å². The van der Waals surface area contributed by atoms with Crippen molar-refractivity contribution in [3.63, 3.8) is 0 Å². The first-order valence-corrected chi connectivity index (χ1v) is 20.9. The van der Waals surface area contributed by atoms with E-state index >= 15 is 0 Å². The maximum Gasteiger partial charge on any atom is 0.192 e. The summed E-state index contributed by atoms with van der Waals surface area (Å²) < 4.78 is 18.9. The molecule has 0 fully saturated rings. The highest BCUT2D eigenvalue weighted by Crippen LogP contribution is 2.56. The van der Waals surface area contributed by atoms with Crippen molar-refractivity contribution < 1.29 is 37.9 Å². The SMILES string of the molecule is COc1ccc(COC(C)CC[C@@H](CC[P+](c2ccccc2)(c2ccccc2)c2ccccc2)O[Si](C)(C)C(C)(C)C)cc1.[I-]. The number of halogens is 1. The van der Waals surface area contributed by atoms with Gasteiger partial charge >= 0.3 is 0 Å². The molecule has 0 aliphatic heterocycles. The monoisotopic (exact) mass is 754 g/mol. The van der Waals surface area contributed by atoms with Gasteiger partial charge in [-0.15, -0.1) is 0 Å². The number of hydrogen-bond donors (Lipinski definition) is 0. The van der Waals surface area contributed by atoms with E-state index in [9.17, 15) is 0 Å². The fraction of sp³-hybridized carbons (Fsp3) is 0.385. The summed E-state index contributed by atoms with van der Waals surface area (Å²) in [4.78, 5) is 0. The number of benzene rings is 4. The van der Waals surface area contributed by atoms with Gasteiger partial charge in [0.2, 0.25) is 0 Å². The molecule has 0 amide bonds. The van der Waals surface area contributed by atoms with Crippen molar-refractivity contribution in [1.29, 1.82) is 0 Å². The van der Waals surface area contributed by atoms with Gasteiger partial charge in [-0.25, -0.2) is 0 Å². The van der Waals surface area contributed by atoms with Gasteiger partial charge in [-0.3, -0.25) is 0 Å². The molecular formula is C39H52IO3PSi. The molecule has 0 N–H and O–H groups in total. The Balaban J connectivity index is 0.00000552. The maximum absolute atomic E-state index is 7.23. The zero-order valence-corrected chi connectivity index (χ0v) is 32.3. The Morgan fingerprint density at radius 1 is 0.667 bits per heavy atom. The average molecular weight is 755 g/mol. The molecule has 0 radical (unpaired) electrons. The zero-order chi connectivity index (χ0) is 31.6. The maximum atomic E-state index is 7.23. The highest BCUT2D eigenvalue weighted by atomic mass is 127. The molecule has 0 aliphatic carbocycles. The van der Waals surface area contributed by atoms with E-state index in [1.165, 1.54) is 15.9 Å². The Kier molecular flexibility index (Phi) is 14.3. The molecule has 4 rings (SSSR count). The van der Waals surface area contributed by atoms with E-state index in [0.29, 0.717) is 6.61 Å². The largest absolute Gasteiger partial charge is 1.00 e. The minimum absolute atomic E-state index is 0. The standard InChI is InChI=1S/C39H52O3PSi.HI/c1-32(41-31-33-24-27-34(40-5)28-25-33)23-26-35(42-44(6,7)39(2,3)4)29-30-43(36-17-11-8-12-18-36,37-19-13-9-14-20-37)38-21-15-10-16-22-38;/h8-22,24-25,27-28,32,35H,23,26,29-31H2,1-7H3;1H/q+1;/p-1/t32?,35-;/m0./s1. The molecule has 45 heavy (non-hydrogen) atoms. The zero-order valence-electron chi connectivity index (χ0n) is 28.2. The lowest BCUT2D eigenvalue weighted by Gasteiger charge is -2.40. The number of ether oxygens (including phenoxy) is 2. The molecule has 0 saturated heterocycles. The Bertz CT molecular complexity index is 1300. The van der Waals surface area contributed by atoms with E-state index in [-0.39, 0.29) is 41.2 Å². The van der Waals surface area contributed by atoms with Crippen molar-refractivity contribution in [3.05, 3.63) is 121 Å². The van der Waals surface area contributed by atoms with E-state index in [4.69, 9.17) is 13.9 Å². The Labute approximate surface area is 291 Å². The first-order valence-electron chi connectivity index (χ1n) is 16.0. The normalized spacial score (nSPS) is 13.5. The predicted octanol–water partition coefficient (Wildman–Crippen LogP) is 6.16. The fourth-order valence-electron chi connectivity index (χ4n) is 5.54. The Morgan fingerprint density at radius 3 is 1.56 bits per heavy atom. The molecule has 4 aromatic carbocycles. The van der Waals surface area contributed by atoms with Crippen molar-refractivity contribution in [1.82, 2.24) is 0 Å². The van der Waals surface area contributed by atoms with Crippen LogP contribution in [-0.2, 0) is 15.8 Å². The van der Waals surface area contributed by atoms with Crippen molar-refractivity contribution >= 4 is 31.5 Å². The third-order valence-electron chi connectivity index (χ3n) is 9.23. The Morgan fingerprint density at radius 2 is 1.13 bits per heavy atom. The Hall–Kier alpha value is -2.02. The highest BCUT2D eigenvalue weighted by molar-refractivity contribution is 7.95. The summed E-state index contributed by atoms with van der Waals surface area (Å²) in [7, 11) is -2.23. The van der Waals surface area contributed by atoms with Crippen LogP contribution in [0.2, 0.25) is 18.1 Å². The molecule has 4 aromatic rings. The van der Waals surface area contributed by atoms with E-state index in [2.05, 4.69) is 144 Å². The van der Waals surface area contributed by atoms with Crippen molar-refractivity contribution in [2.45, 2.75) is 83.9 Å². The van der Waals surface area contributed by atoms with Gasteiger partial charge in [-0.2, -0.15) is 0 Å². The average Bonchev–Trinajstić information content (AvgIpc) is 3.04. The van der Waals surface area contributed by atoms with Gasteiger partial charge in [0.1, 0.15) is 28.9 Å². The molecule has 0 saturated carbocycles. The quantitative estimate of drug-likeness (QED) is 0.0828. The lowest BCUT2D eigenvalue weighted by atomic mass is 10.1. The molecule has 242 valence electrons. The molecule has 3 nitrogen and oxygen atoms in total. The molecule has 6 heteroatoms. The van der Waals surface area contributed by atoms with Crippen molar-refractivity contribution in [3.8, 4) is 5.75 Å². The molecule has 2 atom stereocenters. The summed E-state index contributed by atoms with van der Waals surface area (Å²) in [6.45, 7) is 14.6. The van der Waals surface area contributed by atoms with E-state index in [0.717, 1.165) is 36.7 Å². The van der Waals surface area contributed by atoms with Crippen molar-refractivity contribution in [2.75, 3.05) is 13.3 Å². The van der Waals surface area contributed by atoms with Crippen LogP contribution >= 0.6 is 7.26 Å².